The van der Waals surface area contributed by atoms with E-state index in [9.17, 15) is 0 Å². The lowest BCUT2D eigenvalue weighted by Crippen LogP contribution is -2.56. The van der Waals surface area contributed by atoms with Gasteiger partial charge in [0.1, 0.15) is 0 Å². The van der Waals surface area contributed by atoms with Gasteiger partial charge >= 0.3 is 0 Å². The Labute approximate surface area is 129 Å². The Bertz CT molecular complexity index is 408. The maximum Gasteiger partial charge on any atom is 0.0851 e. The Morgan fingerprint density at radius 2 is 1.76 bits per heavy atom. The topological polar surface area (TPSA) is 47.3 Å². The zero-order chi connectivity index (χ0) is 15.1. The van der Waals surface area contributed by atoms with Gasteiger partial charge in [0.05, 0.1) is 11.6 Å². The number of rotatable bonds is 6. The normalized spacial score (nSPS) is 20.0. The summed E-state index contributed by atoms with van der Waals surface area (Å²) in [5.41, 5.74) is 5.58. The van der Waals surface area contributed by atoms with Crippen LogP contribution in [0.5, 0.6) is 0 Å². The molecule has 1 aliphatic carbocycles. The van der Waals surface area contributed by atoms with E-state index in [4.69, 9.17) is 10.6 Å². The maximum atomic E-state index is 6.26. The van der Waals surface area contributed by atoms with Crippen LogP contribution in [0, 0.1) is 6.92 Å². The predicted molar refractivity (Wildman–Crippen MR) is 88.1 cm³/mol. The number of hydrogen-bond donors (Lipinski definition) is 2. The minimum atomic E-state index is -0.106. The van der Waals surface area contributed by atoms with E-state index in [0.29, 0.717) is 0 Å². The van der Waals surface area contributed by atoms with Crippen LogP contribution in [0.15, 0.2) is 24.3 Å². The zero-order valence-electron chi connectivity index (χ0n) is 13.5. The number of nitrogens with one attached hydrogen (secondary N) is 1. The Morgan fingerprint density at radius 3 is 2.29 bits per heavy atom. The summed E-state index contributed by atoms with van der Waals surface area (Å²) in [6, 6.07) is 8.93. The molecule has 1 aromatic carbocycles. The zero-order valence-corrected chi connectivity index (χ0v) is 13.5. The van der Waals surface area contributed by atoms with E-state index in [2.05, 4.69) is 43.5 Å². The molecule has 1 unspecified atom stereocenters. The predicted octanol–water partition coefficient (Wildman–Crippen LogP) is 3.50. The van der Waals surface area contributed by atoms with Gasteiger partial charge < -0.3 is 4.74 Å². The molecule has 0 aliphatic heterocycles. The lowest BCUT2D eigenvalue weighted by Gasteiger charge is -2.40. The van der Waals surface area contributed by atoms with Gasteiger partial charge in [-0.05, 0) is 38.7 Å². The molecule has 2 rings (SSSR count). The average Bonchev–Trinajstić information content (AvgIpc) is 2.73. The lowest BCUT2D eigenvalue weighted by atomic mass is 9.83. The van der Waals surface area contributed by atoms with Crippen molar-refractivity contribution in [3.8, 4) is 0 Å². The molecule has 1 aromatic rings. The SMILES string of the molecule is CCOC1(C(Cc2ccc(C)cc2)NN)CCCCCC1. The molecule has 3 nitrogen and oxygen atoms in total. The molecule has 3 heteroatoms. The van der Waals surface area contributed by atoms with Crippen LogP contribution in [0.1, 0.15) is 56.6 Å². The fourth-order valence-electron chi connectivity index (χ4n) is 3.56. The molecule has 21 heavy (non-hydrogen) atoms. The molecular formula is C18H30N2O. The fourth-order valence-corrected chi connectivity index (χ4v) is 3.56. The van der Waals surface area contributed by atoms with Crippen molar-refractivity contribution in [3.05, 3.63) is 35.4 Å². The fraction of sp³-hybridized carbons (Fsp3) is 0.667. The van der Waals surface area contributed by atoms with Crippen molar-refractivity contribution in [2.45, 2.75) is 70.4 Å². The van der Waals surface area contributed by atoms with Crippen LogP contribution in [0.25, 0.3) is 0 Å². The number of benzene rings is 1. The third kappa shape index (κ3) is 4.29. The summed E-state index contributed by atoms with van der Waals surface area (Å²) in [4.78, 5) is 0. The Kier molecular flexibility index (Phi) is 6.22. The number of ether oxygens (including phenoxy) is 1. The van der Waals surface area contributed by atoms with Crippen LogP contribution < -0.4 is 11.3 Å². The van der Waals surface area contributed by atoms with Crippen LogP contribution in [-0.4, -0.2) is 18.2 Å². The van der Waals surface area contributed by atoms with Gasteiger partial charge in [-0.15, -0.1) is 0 Å². The van der Waals surface area contributed by atoms with Gasteiger partial charge in [0.2, 0.25) is 0 Å². The highest BCUT2D eigenvalue weighted by Gasteiger charge is 2.39. The van der Waals surface area contributed by atoms with E-state index in [1.807, 2.05) is 0 Å². The van der Waals surface area contributed by atoms with Gasteiger partial charge in [0.25, 0.3) is 0 Å². The average molecular weight is 290 g/mol. The first-order chi connectivity index (χ1) is 10.2. The molecule has 0 saturated heterocycles. The molecule has 0 heterocycles. The summed E-state index contributed by atoms with van der Waals surface area (Å²) in [7, 11) is 0. The summed E-state index contributed by atoms with van der Waals surface area (Å²) < 4.78 is 6.26. The van der Waals surface area contributed by atoms with Crippen LogP contribution in [-0.2, 0) is 11.2 Å². The highest BCUT2D eigenvalue weighted by Crippen LogP contribution is 2.34. The Hall–Kier alpha value is -0.900. The van der Waals surface area contributed by atoms with Crippen molar-refractivity contribution in [1.29, 1.82) is 0 Å². The van der Waals surface area contributed by atoms with Gasteiger partial charge in [-0.1, -0.05) is 55.5 Å². The highest BCUT2D eigenvalue weighted by atomic mass is 16.5. The van der Waals surface area contributed by atoms with Gasteiger partial charge in [-0.2, -0.15) is 0 Å². The number of aryl methyl sites for hydroxylation is 1. The molecule has 1 saturated carbocycles. The smallest absolute Gasteiger partial charge is 0.0851 e. The van der Waals surface area contributed by atoms with Crippen molar-refractivity contribution < 1.29 is 4.74 Å². The van der Waals surface area contributed by atoms with E-state index < -0.39 is 0 Å². The molecule has 0 aromatic heterocycles. The second-order valence-electron chi connectivity index (χ2n) is 6.32. The number of hydrogen-bond acceptors (Lipinski definition) is 3. The van der Waals surface area contributed by atoms with E-state index in [1.165, 1.54) is 36.8 Å². The molecular weight excluding hydrogens is 260 g/mol. The molecule has 3 N–H and O–H groups in total. The van der Waals surface area contributed by atoms with E-state index in [0.717, 1.165) is 25.9 Å². The third-order valence-electron chi connectivity index (χ3n) is 4.78. The first kappa shape index (κ1) is 16.5. The summed E-state index contributed by atoms with van der Waals surface area (Å²) in [5, 5.41) is 0. The maximum absolute atomic E-state index is 6.26. The largest absolute Gasteiger partial charge is 0.374 e. The molecule has 118 valence electrons. The molecule has 0 spiro atoms. The number of hydrazine groups is 1. The monoisotopic (exact) mass is 290 g/mol. The highest BCUT2D eigenvalue weighted by molar-refractivity contribution is 5.22. The van der Waals surface area contributed by atoms with Crippen LogP contribution in [0.4, 0.5) is 0 Å². The lowest BCUT2D eigenvalue weighted by molar-refractivity contribution is -0.0768. The molecule has 0 amide bonds. The van der Waals surface area contributed by atoms with Crippen molar-refractivity contribution in [2.75, 3.05) is 6.61 Å². The van der Waals surface area contributed by atoms with Crippen molar-refractivity contribution in [1.82, 2.24) is 5.43 Å². The quantitative estimate of drug-likeness (QED) is 0.479. The number of nitrogens with two attached hydrogens (primary N) is 1. The second kappa shape index (κ2) is 7.92. The van der Waals surface area contributed by atoms with Crippen molar-refractivity contribution in [3.63, 3.8) is 0 Å². The second-order valence-corrected chi connectivity index (χ2v) is 6.32. The summed E-state index contributed by atoms with van der Waals surface area (Å²) >= 11 is 0. The molecule has 1 fully saturated rings. The van der Waals surface area contributed by atoms with Gasteiger partial charge in [0, 0.05) is 6.61 Å². The first-order valence-corrected chi connectivity index (χ1v) is 8.36. The van der Waals surface area contributed by atoms with Gasteiger partial charge in [-0.3, -0.25) is 11.3 Å². The summed E-state index contributed by atoms with van der Waals surface area (Å²) in [5.74, 6) is 5.92. The summed E-state index contributed by atoms with van der Waals surface area (Å²) in [6.45, 7) is 4.97. The minimum Gasteiger partial charge on any atom is -0.374 e. The van der Waals surface area contributed by atoms with Crippen LogP contribution in [0.2, 0.25) is 0 Å². The first-order valence-electron chi connectivity index (χ1n) is 8.36. The van der Waals surface area contributed by atoms with E-state index in [-0.39, 0.29) is 11.6 Å². The Morgan fingerprint density at radius 1 is 1.14 bits per heavy atom. The van der Waals surface area contributed by atoms with Crippen molar-refractivity contribution >= 4 is 0 Å². The summed E-state index contributed by atoms with van der Waals surface area (Å²) in [6.07, 6.45) is 8.27. The van der Waals surface area contributed by atoms with E-state index in [1.54, 1.807) is 0 Å². The standard InChI is InChI=1S/C18H30N2O/c1-3-21-18(12-6-4-5-7-13-18)17(20-19)14-16-10-8-15(2)9-11-16/h8-11,17,20H,3-7,12-14,19H2,1-2H3. The van der Waals surface area contributed by atoms with Gasteiger partial charge in [0.15, 0.2) is 0 Å². The molecule has 0 radical (unpaired) electrons. The third-order valence-corrected chi connectivity index (χ3v) is 4.78. The minimum absolute atomic E-state index is 0.106. The van der Waals surface area contributed by atoms with E-state index >= 15 is 0 Å². The van der Waals surface area contributed by atoms with Crippen LogP contribution >= 0.6 is 0 Å². The Balaban J connectivity index is 2.16. The van der Waals surface area contributed by atoms with Crippen LogP contribution in [0.3, 0.4) is 0 Å². The molecule has 1 atom stereocenters. The molecule has 1 aliphatic rings. The molecule has 0 bridgehead atoms. The van der Waals surface area contributed by atoms with Gasteiger partial charge in [-0.25, -0.2) is 0 Å². The van der Waals surface area contributed by atoms with Crippen molar-refractivity contribution in [2.24, 2.45) is 5.84 Å².